The Balaban J connectivity index is 1.90. The van der Waals surface area contributed by atoms with Crippen molar-refractivity contribution in [1.29, 1.82) is 0 Å². The molecule has 0 saturated carbocycles. The number of para-hydroxylation sites is 1. The number of rotatable bonds is 10. The van der Waals surface area contributed by atoms with Gasteiger partial charge < -0.3 is 4.74 Å². The Morgan fingerprint density at radius 2 is 1.87 bits per heavy atom. The Bertz CT molecular complexity index is 993. The number of nitrogens with zero attached hydrogens (tertiary/aromatic N) is 6. The van der Waals surface area contributed by atoms with Crippen LogP contribution in [-0.2, 0) is 13.1 Å². The Hall–Kier alpha value is -3.01. The van der Waals surface area contributed by atoms with Crippen LogP contribution in [0.5, 0.6) is 5.75 Å². The molecule has 8 nitrogen and oxygen atoms in total. The van der Waals surface area contributed by atoms with Crippen molar-refractivity contribution >= 4 is 0 Å². The van der Waals surface area contributed by atoms with Crippen molar-refractivity contribution in [2.45, 2.75) is 53.3 Å². The van der Waals surface area contributed by atoms with Crippen molar-refractivity contribution in [2.24, 2.45) is 5.92 Å². The minimum atomic E-state index is -2.58. The van der Waals surface area contributed by atoms with E-state index in [2.05, 4.69) is 44.9 Å². The molecular formula is C21H27F2N7O. The van der Waals surface area contributed by atoms with E-state index in [-0.39, 0.29) is 5.82 Å². The molecule has 1 atom stereocenters. The van der Waals surface area contributed by atoms with Crippen molar-refractivity contribution in [3.8, 4) is 5.75 Å². The van der Waals surface area contributed by atoms with Gasteiger partial charge in [-0.15, -0.1) is 5.10 Å². The Morgan fingerprint density at radius 3 is 2.58 bits per heavy atom. The summed E-state index contributed by atoms with van der Waals surface area (Å²) in [5.74, 6) is 1.40. The van der Waals surface area contributed by atoms with Gasteiger partial charge in [-0.25, -0.2) is 13.5 Å². The quantitative estimate of drug-likeness (QED) is 0.527. The zero-order valence-corrected chi connectivity index (χ0v) is 18.1. The number of benzene rings is 1. The highest BCUT2D eigenvalue weighted by Gasteiger charge is 2.25. The van der Waals surface area contributed by atoms with Gasteiger partial charge in [0.25, 0.3) is 6.43 Å². The average Bonchev–Trinajstić information content (AvgIpc) is 3.17. The highest BCUT2D eigenvalue weighted by atomic mass is 19.3. The van der Waals surface area contributed by atoms with Gasteiger partial charge in [0, 0.05) is 12.1 Å². The molecule has 3 rings (SSSR count). The number of aromatic nitrogens is 6. The summed E-state index contributed by atoms with van der Waals surface area (Å²) in [5.41, 5.74) is 3.21. The lowest BCUT2D eigenvalue weighted by Crippen LogP contribution is -2.28. The molecule has 166 valence electrons. The van der Waals surface area contributed by atoms with E-state index in [1.54, 1.807) is 0 Å². The lowest BCUT2D eigenvalue weighted by atomic mass is 10.1. The van der Waals surface area contributed by atoms with Crippen LogP contribution < -0.4 is 10.1 Å². The van der Waals surface area contributed by atoms with E-state index in [0.29, 0.717) is 24.8 Å². The molecule has 0 saturated heterocycles. The van der Waals surface area contributed by atoms with Crippen LogP contribution in [0.25, 0.3) is 0 Å². The molecule has 31 heavy (non-hydrogen) atoms. The normalized spacial score (nSPS) is 12.5. The highest BCUT2D eigenvalue weighted by molar-refractivity contribution is 5.33. The molecule has 3 aromatic rings. The second kappa shape index (κ2) is 10.3. The van der Waals surface area contributed by atoms with Crippen LogP contribution in [0.4, 0.5) is 8.78 Å². The van der Waals surface area contributed by atoms with Gasteiger partial charge in [0.1, 0.15) is 18.3 Å². The van der Waals surface area contributed by atoms with E-state index in [1.807, 2.05) is 44.2 Å². The Labute approximate surface area is 180 Å². The zero-order chi connectivity index (χ0) is 22.4. The number of hydrogen-bond donors (Lipinski definition) is 1. The molecule has 0 radical (unpaired) electrons. The van der Waals surface area contributed by atoms with Gasteiger partial charge in [0.15, 0.2) is 5.82 Å². The molecule has 0 spiro atoms. The van der Waals surface area contributed by atoms with Crippen LogP contribution in [0.3, 0.4) is 0 Å². The summed E-state index contributed by atoms with van der Waals surface area (Å²) in [4.78, 5) is 0. The van der Waals surface area contributed by atoms with Gasteiger partial charge >= 0.3 is 0 Å². The first-order valence-electron chi connectivity index (χ1n) is 10.1. The van der Waals surface area contributed by atoms with Crippen molar-refractivity contribution in [2.75, 3.05) is 6.61 Å². The minimum absolute atomic E-state index is 0.249. The molecule has 0 aliphatic rings. The van der Waals surface area contributed by atoms with Crippen LogP contribution in [-0.4, -0.2) is 43.4 Å². The van der Waals surface area contributed by atoms with Gasteiger partial charge in [-0.3, -0.25) is 5.32 Å². The predicted molar refractivity (Wildman–Crippen MR) is 111 cm³/mol. The fourth-order valence-corrected chi connectivity index (χ4v) is 2.97. The molecule has 0 fully saturated rings. The SMILES string of the molecule is Cc1cc(C(NCc2ccccc2OCC(C)C)c2nnnn2CC(F)F)nnc1C. The van der Waals surface area contributed by atoms with Crippen molar-refractivity contribution in [1.82, 2.24) is 35.7 Å². The van der Waals surface area contributed by atoms with Gasteiger partial charge in [-0.1, -0.05) is 32.0 Å². The molecule has 10 heteroatoms. The topological polar surface area (TPSA) is 90.6 Å². The number of alkyl halides is 2. The second-order valence-corrected chi connectivity index (χ2v) is 7.77. The summed E-state index contributed by atoms with van der Waals surface area (Å²) < 4.78 is 33.1. The zero-order valence-electron chi connectivity index (χ0n) is 18.1. The number of ether oxygens (including phenoxy) is 1. The molecule has 1 unspecified atom stereocenters. The fourth-order valence-electron chi connectivity index (χ4n) is 2.97. The van der Waals surface area contributed by atoms with Crippen molar-refractivity contribution in [3.63, 3.8) is 0 Å². The molecule has 1 aromatic carbocycles. The number of hydrogen-bond acceptors (Lipinski definition) is 7. The molecule has 0 aliphatic carbocycles. The van der Waals surface area contributed by atoms with Crippen molar-refractivity contribution in [3.05, 3.63) is 58.7 Å². The van der Waals surface area contributed by atoms with Gasteiger partial charge in [0.2, 0.25) is 0 Å². The molecule has 0 aliphatic heterocycles. The summed E-state index contributed by atoms with van der Waals surface area (Å²) >= 11 is 0. The van der Waals surface area contributed by atoms with Crippen LogP contribution >= 0.6 is 0 Å². The van der Waals surface area contributed by atoms with E-state index in [0.717, 1.165) is 27.3 Å². The van der Waals surface area contributed by atoms with E-state index in [4.69, 9.17) is 4.74 Å². The smallest absolute Gasteiger partial charge is 0.258 e. The average molecular weight is 431 g/mol. The predicted octanol–water partition coefficient (Wildman–Crippen LogP) is 3.26. The molecule has 2 heterocycles. The van der Waals surface area contributed by atoms with Crippen LogP contribution in [0, 0.1) is 19.8 Å². The van der Waals surface area contributed by atoms with E-state index >= 15 is 0 Å². The molecule has 0 amide bonds. The van der Waals surface area contributed by atoms with Gasteiger partial charge in [0.05, 0.1) is 18.0 Å². The maximum Gasteiger partial charge on any atom is 0.258 e. The van der Waals surface area contributed by atoms with Crippen LogP contribution in [0.2, 0.25) is 0 Å². The minimum Gasteiger partial charge on any atom is -0.493 e. The number of halogens is 2. The number of tetrazole rings is 1. The third kappa shape index (κ3) is 6.00. The summed E-state index contributed by atoms with van der Waals surface area (Å²) in [6, 6.07) is 8.93. The molecule has 2 aromatic heterocycles. The third-order valence-corrected chi connectivity index (χ3v) is 4.72. The fraction of sp³-hybridized carbons (Fsp3) is 0.476. The molecule has 0 bridgehead atoms. The van der Waals surface area contributed by atoms with E-state index < -0.39 is 19.0 Å². The highest BCUT2D eigenvalue weighted by Crippen LogP contribution is 2.23. The van der Waals surface area contributed by atoms with Crippen LogP contribution in [0.15, 0.2) is 30.3 Å². The van der Waals surface area contributed by atoms with Crippen LogP contribution in [0.1, 0.15) is 48.2 Å². The number of nitrogens with one attached hydrogen (secondary N) is 1. The lowest BCUT2D eigenvalue weighted by Gasteiger charge is -2.19. The van der Waals surface area contributed by atoms with E-state index in [1.165, 1.54) is 0 Å². The maximum absolute atomic E-state index is 13.0. The summed E-state index contributed by atoms with van der Waals surface area (Å²) in [6.45, 7) is 8.33. The second-order valence-electron chi connectivity index (χ2n) is 7.77. The van der Waals surface area contributed by atoms with Gasteiger partial charge in [-0.05, 0) is 47.9 Å². The first-order chi connectivity index (χ1) is 14.8. The summed E-state index contributed by atoms with van der Waals surface area (Å²) in [7, 11) is 0. The van der Waals surface area contributed by atoms with Crippen molar-refractivity contribution < 1.29 is 13.5 Å². The largest absolute Gasteiger partial charge is 0.493 e. The lowest BCUT2D eigenvalue weighted by molar-refractivity contribution is 0.119. The van der Waals surface area contributed by atoms with Gasteiger partial charge in [-0.2, -0.15) is 10.2 Å². The van der Waals surface area contributed by atoms with E-state index in [9.17, 15) is 8.78 Å². The third-order valence-electron chi connectivity index (χ3n) is 4.72. The monoisotopic (exact) mass is 431 g/mol. The Kier molecular flexibility index (Phi) is 7.56. The Morgan fingerprint density at radius 1 is 1.10 bits per heavy atom. The summed E-state index contributed by atoms with van der Waals surface area (Å²) in [5, 5.41) is 23.1. The first-order valence-corrected chi connectivity index (χ1v) is 10.1. The molecular weight excluding hydrogens is 404 g/mol. The maximum atomic E-state index is 13.0. The summed E-state index contributed by atoms with van der Waals surface area (Å²) in [6.07, 6.45) is -2.58. The first kappa shape index (κ1) is 22.7. The molecule has 1 N–H and O–H groups in total. The standard InChI is InChI=1S/C21H27F2N7O/c1-13(2)12-31-18-8-6-5-7-16(18)10-24-20(17-9-14(3)15(4)25-26-17)21-27-28-29-30(21)11-19(22)23/h5-9,13,19-20,24H,10-12H2,1-4H3. The number of aryl methyl sites for hydroxylation is 2.